The highest BCUT2D eigenvalue weighted by atomic mass is 32.2. The van der Waals surface area contributed by atoms with Crippen LogP contribution in [0.1, 0.15) is 24.8 Å². The molecule has 0 fully saturated rings. The number of aliphatic hydroxyl groups is 1. The van der Waals surface area contributed by atoms with E-state index >= 15 is 0 Å². The zero-order valence-corrected chi connectivity index (χ0v) is 11.2. The van der Waals surface area contributed by atoms with Crippen LogP contribution in [0.2, 0.25) is 0 Å². The second kappa shape index (κ2) is 5.71. The van der Waals surface area contributed by atoms with Gasteiger partial charge in [0, 0.05) is 18.8 Å². The van der Waals surface area contributed by atoms with Gasteiger partial charge in [-0.15, -0.1) is 0 Å². The number of sulfone groups is 1. The van der Waals surface area contributed by atoms with Gasteiger partial charge in [-0.1, -0.05) is 0 Å². The molecule has 0 amide bonds. The molecule has 2 N–H and O–H groups in total. The molecule has 1 aromatic rings. The van der Waals surface area contributed by atoms with E-state index in [0.717, 1.165) is 37.1 Å². The number of aliphatic hydroxyl groups excluding tert-OH is 1. The molecule has 0 spiro atoms. The van der Waals surface area contributed by atoms with Gasteiger partial charge in [-0.2, -0.15) is 0 Å². The Kier molecular flexibility index (Phi) is 4.24. The first-order chi connectivity index (χ1) is 8.63. The number of nitrogens with one attached hydrogen (secondary N) is 1. The summed E-state index contributed by atoms with van der Waals surface area (Å²) in [5.74, 6) is 0.267. The second-order valence-corrected chi connectivity index (χ2v) is 6.68. The van der Waals surface area contributed by atoms with Gasteiger partial charge in [-0.05, 0) is 49.4 Å². The average molecular weight is 269 g/mol. The third-order valence-corrected chi connectivity index (χ3v) is 5.06. The van der Waals surface area contributed by atoms with Crippen LogP contribution in [-0.2, 0) is 16.3 Å². The van der Waals surface area contributed by atoms with Crippen molar-refractivity contribution in [1.29, 1.82) is 0 Å². The molecule has 0 aliphatic carbocycles. The Morgan fingerprint density at radius 2 is 2.11 bits per heavy atom. The quantitative estimate of drug-likeness (QED) is 0.797. The number of hydrogen-bond acceptors (Lipinski definition) is 4. The van der Waals surface area contributed by atoms with Crippen molar-refractivity contribution in [2.75, 3.05) is 24.2 Å². The molecule has 0 saturated heterocycles. The maximum absolute atomic E-state index is 11.8. The molecule has 0 aromatic heterocycles. The summed E-state index contributed by atoms with van der Waals surface area (Å²) in [5, 5.41) is 11.9. The van der Waals surface area contributed by atoms with Crippen molar-refractivity contribution in [1.82, 2.24) is 0 Å². The van der Waals surface area contributed by atoms with Gasteiger partial charge < -0.3 is 10.4 Å². The third-order valence-electron chi connectivity index (χ3n) is 3.17. The highest BCUT2D eigenvalue weighted by Gasteiger charge is 2.23. The fourth-order valence-electron chi connectivity index (χ4n) is 2.22. The van der Waals surface area contributed by atoms with Gasteiger partial charge in [0.15, 0.2) is 9.84 Å². The summed E-state index contributed by atoms with van der Waals surface area (Å²) in [6.07, 6.45) is 3.24. The lowest BCUT2D eigenvalue weighted by Crippen LogP contribution is -2.16. The van der Waals surface area contributed by atoms with Gasteiger partial charge in [0.25, 0.3) is 0 Å². The molecule has 0 atom stereocenters. The summed E-state index contributed by atoms with van der Waals surface area (Å²) in [7, 11) is -3.05. The average Bonchev–Trinajstić information content (AvgIpc) is 2.34. The molecule has 5 heteroatoms. The predicted octanol–water partition coefficient (Wildman–Crippen LogP) is 1.59. The molecule has 2 rings (SSSR count). The van der Waals surface area contributed by atoms with Crippen LogP contribution in [0.4, 0.5) is 5.69 Å². The Bertz CT molecular complexity index is 511. The smallest absolute Gasteiger partial charge is 0.178 e. The van der Waals surface area contributed by atoms with Crippen LogP contribution >= 0.6 is 0 Å². The number of anilines is 1. The Labute approximate surface area is 108 Å². The highest BCUT2D eigenvalue weighted by Crippen LogP contribution is 2.27. The zero-order valence-electron chi connectivity index (χ0n) is 10.4. The SMILES string of the molecule is O=S1(=O)CCCc2cc(NCCCCO)ccc21. The first-order valence-electron chi connectivity index (χ1n) is 6.34. The fourth-order valence-corrected chi connectivity index (χ4v) is 3.80. The van der Waals surface area contributed by atoms with Crippen molar-refractivity contribution in [2.45, 2.75) is 30.6 Å². The fraction of sp³-hybridized carbons (Fsp3) is 0.538. The molecule has 0 unspecified atom stereocenters. The molecule has 1 heterocycles. The van der Waals surface area contributed by atoms with E-state index < -0.39 is 9.84 Å². The molecule has 4 nitrogen and oxygen atoms in total. The first kappa shape index (κ1) is 13.4. The van der Waals surface area contributed by atoms with E-state index in [1.807, 2.05) is 12.1 Å². The molecule has 0 radical (unpaired) electrons. The molecule has 1 aliphatic heterocycles. The lowest BCUT2D eigenvalue weighted by atomic mass is 10.1. The minimum Gasteiger partial charge on any atom is -0.396 e. The van der Waals surface area contributed by atoms with Crippen LogP contribution in [0.15, 0.2) is 23.1 Å². The Morgan fingerprint density at radius 3 is 2.89 bits per heavy atom. The van der Waals surface area contributed by atoms with Crippen LogP contribution in [0.5, 0.6) is 0 Å². The van der Waals surface area contributed by atoms with Gasteiger partial charge in [-0.3, -0.25) is 0 Å². The molecule has 18 heavy (non-hydrogen) atoms. The van der Waals surface area contributed by atoms with Crippen LogP contribution in [0.3, 0.4) is 0 Å². The zero-order chi connectivity index (χ0) is 13.0. The summed E-state index contributed by atoms with van der Waals surface area (Å²) in [5.41, 5.74) is 1.89. The summed E-state index contributed by atoms with van der Waals surface area (Å²) < 4.78 is 23.7. The number of rotatable bonds is 5. The standard InChI is InChI=1S/C13H19NO3S/c15-8-2-1-7-14-12-5-6-13-11(10-12)4-3-9-18(13,16)17/h5-6,10,14-15H,1-4,7-9H2. The van der Waals surface area contributed by atoms with Crippen LogP contribution in [0.25, 0.3) is 0 Å². The lowest BCUT2D eigenvalue weighted by Gasteiger charge is -2.17. The van der Waals surface area contributed by atoms with Crippen molar-refractivity contribution in [3.05, 3.63) is 23.8 Å². The number of benzene rings is 1. The summed E-state index contributed by atoms with van der Waals surface area (Å²) in [4.78, 5) is 0.495. The van der Waals surface area contributed by atoms with Gasteiger partial charge in [0.1, 0.15) is 0 Å². The number of hydrogen-bond donors (Lipinski definition) is 2. The van der Waals surface area contributed by atoms with E-state index in [1.165, 1.54) is 0 Å². The van der Waals surface area contributed by atoms with E-state index in [0.29, 0.717) is 11.3 Å². The summed E-state index contributed by atoms with van der Waals surface area (Å²) in [6, 6.07) is 5.46. The van der Waals surface area contributed by atoms with Gasteiger partial charge in [-0.25, -0.2) is 8.42 Å². The minimum absolute atomic E-state index is 0.212. The van der Waals surface area contributed by atoms with Gasteiger partial charge in [0.05, 0.1) is 10.6 Å². The van der Waals surface area contributed by atoms with Crippen molar-refractivity contribution < 1.29 is 13.5 Å². The molecule has 1 aliphatic rings. The van der Waals surface area contributed by atoms with Crippen molar-refractivity contribution >= 4 is 15.5 Å². The number of unbranched alkanes of at least 4 members (excludes halogenated alkanes) is 1. The Morgan fingerprint density at radius 1 is 1.28 bits per heavy atom. The van der Waals surface area contributed by atoms with Crippen molar-refractivity contribution in [2.24, 2.45) is 0 Å². The van der Waals surface area contributed by atoms with E-state index in [-0.39, 0.29) is 12.4 Å². The number of fused-ring (bicyclic) bond motifs is 1. The van der Waals surface area contributed by atoms with Crippen LogP contribution in [0, 0.1) is 0 Å². The highest BCUT2D eigenvalue weighted by molar-refractivity contribution is 7.91. The lowest BCUT2D eigenvalue weighted by molar-refractivity contribution is 0.286. The Balaban J connectivity index is 2.08. The second-order valence-electron chi connectivity index (χ2n) is 4.60. The summed E-state index contributed by atoms with van der Waals surface area (Å²) in [6.45, 7) is 1.01. The topological polar surface area (TPSA) is 66.4 Å². The van der Waals surface area contributed by atoms with Crippen molar-refractivity contribution in [3.8, 4) is 0 Å². The summed E-state index contributed by atoms with van der Waals surface area (Å²) >= 11 is 0. The molecule has 0 saturated carbocycles. The normalized spacial score (nSPS) is 17.2. The molecular weight excluding hydrogens is 250 g/mol. The van der Waals surface area contributed by atoms with E-state index in [2.05, 4.69) is 5.32 Å². The molecule has 1 aromatic carbocycles. The van der Waals surface area contributed by atoms with Gasteiger partial charge >= 0.3 is 0 Å². The largest absolute Gasteiger partial charge is 0.396 e. The molecule has 0 bridgehead atoms. The molecule has 100 valence electrons. The number of aryl methyl sites for hydroxylation is 1. The molecular formula is C13H19NO3S. The van der Waals surface area contributed by atoms with Crippen LogP contribution < -0.4 is 5.32 Å². The minimum atomic E-state index is -3.05. The maximum atomic E-state index is 11.8. The van der Waals surface area contributed by atoms with Gasteiger partial charge in [0.2, 0.25) is 0 Å². The predicted molar refractivity (Wildman–Crippen MR) is 71.6 cm³/mol. The van der Waals surface area contributed by atoms with E-state index in [4.69, 9.17) is 5.11 Å². The van der Waals surface area contributed by atoms with Crippen LogP contribution in [-0.4, -0.2) is 32.4 Å². The van der Waals surface area contributed by atoms with Crippen molar-refractivity contribution in [3.63, 3.8) is 0 Å². The van der Waals surface area contributed by atoms with E-state index in [1.54, 1.807) is 6.07 Å². The monoisotopic (exact) mass is 269 g/mol. The third kappa shape index (κ3) is 3.03. The Hall–Kier alpha value is -1.07. The first-order valence-corrected chi connectivity index (χ1v) is 7.99. The van der Waals surface area contributed by atoms with E-state index in [9.17, 15) is 8.42 Å². The maximum Gasteiger partial charge on any atom is 0.178 e.